The Balaban J connectivity index is 1.71. The number of aryl methyl sites for hydroxylation is 1. The van der Waals surface area contributed by atoms with Crippen molar-refractivity contribution < 1.29 is 13.2 Å². The van der Waals surface area contributed by atoms with Gasteiger partial charge in [-0.1, -0.05) is 23.8 Å². The Labute approximate surface area is 156 Å². The summed E-state index contributed by atoms with van der Waals surface area (Å²) in [6, 6.07) is 14.9. The average molecular weight is 383 g/mol. The van der Waals surface area contributed by atoms with Crippen LogP contribution in [0.15, 0.2) is 76.3 Å². The average Bonchev–Trinajstić information content (AvgIpc) is 3.14. The minimum absolute atomic E-state index is 0.135. The number of ketones is 1. The third-order valence-corrected chi connectivity index (χ3v) is 5.82. The molecule has 0 atom stereocenters. The summed E-state index contributed by atoms with van der Waals surface area (Å²) in [6.45, 7) is 1.90. The monoisotopic (exact) mass is 383 g/mol. The van der Waals surface area contributed by atoms with Crippen LogP contribution in [0.25, 0.3) is 6.08 Å². The van der Waals surface area contributed by atoms with Gasteiger partial charge in [0.05, 0.1) is 4.90 Å². The van der Waals surface area contributed by atoms with Crippen LogP contribution in [0.3, 0.4) is 0 Å². The van der Waals surface area contributed by atoms with Gasteiger partial charge in [0, 0.05) is 11.3 Å². The molecule has 0 fully saturated rings. The normalized spacial score (nSPS) is 11.6. The molecule has 3 rings (SSSR count). The molecule has 0 spiro atoms. The van der Waals surface area contributed by atoms with E-state index in [1.807, 2.05) is 23.8 Å². The predicted molar refractivity (Wildman–Crippen MR) is 106 cm³/mol. The van der Waals surface area contributed by atoms with E-state index in [1.54, 1.807) is 65.9 Å². The van der Waals surface area contributed by atoms with Gasteiger partial charge in [-0.05, 0) is 71.8 Å². The molecule has 3 aromatic rings. The maximum absolute atomic E-state index is 12.4. The Morgan fingerprint density at radius 3 is 2.31 bits per heavy atom. The van der Waals surface area contributed by atoms with Crippen LogP contribution in [0.4, 0.5) is 5.69 Å². The topological polar surface area (TPSA) is 63.2 Å². The number of benzene rings is 2. The van der Waals surface area contributed by atoms with E-state index in [0.717, 1.165) is 11.1 Å². The lowest BCUT2D eigenvalue weighted by Crippen LogP contribution is -2.13. The zero-order valence-electron chi connectivity index (χ0n) is 14.0. The fourth-order valence-electron chi connectivity index (χ4n) is 2.27. The minimum atomic E-state index is -3.65. The smallest absolute Gasteiger partial charge is 0.261 e. The molecule has 1 aromatic heterocycles. The number of anilines is 1. The van der Waals surface area contributed by atoms with Crippen molar-refractivity contribution in [3.05, 3.63) is 88.1 Å². The highest BCUT2D eigenvalue weighted by molar-refractivity contribution is 7.92. The van der Waals surface area contributed by atoms with E-state index in [9.17, 15) is 13.2 Å². The number of rotatable bonds is 6. The third kappa shape index (κ3) is 4.47. The second-order valence-electron chi connectivity index (χ2n) is 5.75. The summed E-state index contributed by atoms with van der Waals surface area (Å²) in [4.78, 5) is 12.4. The predicted octanol–water partition coefficient (Wildman–Crippen LogP) is 4.75. The van der Waals surface area contributed by atoms with Crippen molar-refractivity contribution in [3.63, 3.8) is 0 Å². The molecule has 0 aliphatic heterocycles. The van der Waals surface area contributed by atoms with Crippen molar-refractivity contribution in [1.82, 2.24) is 0 Å². The summed E-state index contributed by atoms with van der Waals surface area (Å²) in [5, 5.41) is 3.89. The zero-order chi connectivity index (χ0) is 18.6. The summed E-state index contributed by atoms with van der Waals surface area (Å²) in [7, 11) is -3.65. The zero-order valence-corrected chi connectivity index (χ0v) is 15.7. The van der Waals surface area contributed by atoms with Gasteiger partial charge < -0.3 is 0 Å². The number of hydrogen-bond donors (Lipinski definition) is 1. The van der Waals surface area contributed by atoms with Crippen LogP contribution in [-0.4, -0.2) is 14.2 Å². The van der Waals surface area contributed by atoms with E-state index in [2.05, 4.69) is 4.72 Å². The van der Waals surface area contributed by atoms with Crippen molar-refractivity contribution >= 4 is 38.9 Å². The molecule has 0 amide bonds. The van der Waals surface area contributed by atoms with Crippen LogP contribution < -0.4 is 4.72 Å². The number of thiophene rings is 1. The van der Waals surface area contributed by atoms with Gasteiger partial charge >= 0.3 is 0 Å². The van der Waals surface area contributed by atoms with Crippen LogP contribution >= 0.6 is 11.3 Å². The van der Waals surface area contributed by atoms with E-state index in [1.165, 1.54) is 6.08 Å². The van der Waals surface area contributed by atoms with E-state index < -0.39 is 10.0 Å². The molecule has 0 saturated carbocycles. The Morgan fingerprint density at radius 2 is 1.69 bits per heavy atom. The van der Waals surface area contributed by atoms with Gasteiger partial charge in [0.2, 0.25) is 0 Å². The largest absolute Gasteiger partial charge is 0.289 e. The first-order valence-corrected chi connectivity index (χ1v) is 10.3. The Bertz CT molecular complexity index is 1020. The molecule has 26 heavy (non-hydrogen) atoms. The molecule has 1 N–H and O–H groups in total. The Kier molecular flexibility index (Phi) is 5.35. The van der Waals surface area contributed by atoms with E-state index in [0.29, 0.717) is 11.3 Å². The molecule has 0 radical (unpaired) electrons. The number of allylic oxidation sites excluding steroid dienone is 1. The van der Waals surface area contributed by atoms with Crippen molar-refractivity contribution in [2.75, 3.05) is 4.72 Å². The maximum Gasteiger partial charge on any atom is 0.261 e. The molecule has 132 valence electrons. The van der Waals surface area contributed by atoms with Gasteiger partial charge in [0.15, 0.2) is 5.78 Å². The number of nitrogens with one attached hydrogen (secondary N) is 1. The fourth-order valence-corrected chi connectivity index (χ4v) is 3.96. The number of sulfonamides is 1. The maximum atomic E-state index is 12.4. The highest BCUT2D eigenvalue weighted by Crippen LogP contribution is 2.18. The molecular weight excluding hydrogens is 366 g/mol. The molecule has 0 aliphatic carbocycles. The fraction of sp³-hybridized carbons (Fsp3) is 0.0500. The summed E-state index contributed by atoms with van der Waals surface area (Å²) in [5.41, 5.74) is 2.87. The van der Waals surface area contributed by atoms with Crippen LogP contribution in [0.5, 0.6) is 0 Å². The molecule has 0 bridgehead atoms. The minimum Gasteiger partial charge on any atom is -0.289 e. The molecule has 1 heterocycles. The van der Waals surface area contributed by atoms with Crippen LogP contribution in [0.2, 0.25) is 0 Å². The molecule has 4 nitrogen and oxygen atoms in total. The molecule has 6 heteroatoms. The number of carbonyl (C=O) groups is 1. The van der Waals surface area contributed by atoms with E-state index in [4.69, 9.17) is 0 Å². The lowest BCUT2D eigenvalue weighted by atomic mass is 10.1. The van der Waals surface area contributed by atoms with Gasteiger partial charge in [0.1, 0.15) is 0 Å². The second kappa shape index (κ2) is 7.68. The third-order valence-electron chi connectivity index (χ3n) is 3.72. The summed E-state index contributed by atoms with van der Waals surface area (Å²) in [6.07, 6.45) is 3.26. The summed E-state index contributed by atoms with van der Waals surface area (Å²) < 4.78 is 27.3. The van der Waals surface area contributed by atoms with Crippen molar-refractivity contribution in [1.29, 1.82) is 0 Å². The molecular formula is C20H17NO3S2. The molecule has 0 unspecified atom stereocenters. The first kappa shape index (κ1) is 18.1. The SMILES string of the molecule is Cc1ccc(S(=O)(=O)Nc2ccc(C(=O)/C=C/c3ccsc3)cc2)cc1. The Morgan fingerprint density at radius 1 is 1.00 bits per heavy atom. The van der Waals surface area contributed by atoms with Crippen LogP contribution in [0.1, 0.15) is 21.5 Å². The van der Waals surface area contributed by atoms with Crippen LogP contribution in [-0.2, 0) is 10.0 Å². The standard InChI is InChI=1S/C20H17NO3S2/c1-15-2-9-19(10-3-15)26(23,24)21-18-7-5-17(6-8-18)20(22)11-4-16-12-13-25-14-16/h2-14,21H,1H3/b11-4+. The van der Waals surface area contributed by atoms with E-state index in [-0.39, 0.29) is 10.7 Å². The quantitative estimate of drug-likeness (QED) is 0.493. The van der Waals surface area contributed by atoms with Crippen molar-refractivity contribution in [3.8, 4) is 0 Å². The highest BCUT2D eigenvalue weighted by Gasteiger charge is 2.14. The van der Waals surface area contributed by atoms with Gasteiger partial charge in [-0.3, -0.25) is 9.52 Å². The number of hydrogen-bond acceptors (Lipinski definition) is 4. The summed E-state index contributed by atoms with van der Waals surface area (Å²) >= 11 is 1.57. The first-order valence-electron chi connectivity index (χ1n) is 7.88. The Hall–Kier alpha value is -2.70. The summed E-state index contributed by atoms with van der Waals surface area (Å²) in [5.74, 6) is -0.135. The van der Waals surface area contributed by atoms with Gasteiger partial charge in [-0.15, -0.1) is 0 Å². The van der Waals surface area contributed by atoms with Crippen LogP contribution in [0, 0.1) is 6.92 Å². The second-order valence-corrected chi connectivity index (χ2v) is 8.21. The van der Waals surface area contributed by atoms with Crippen molar-refractivity contribution in [2.24, 2.45) is 0 Å². The lowest BCUT2D eigenvalue weighted by Gasteiger charge is -2.08. The number of carbonyl (C=O) groups excluding carboxylic acids is 1. The highest BCUT2D eigenvalue weighted by atomic mass is 32.2. The van der Waals surface area contributed by atoms with Gasteiger partial charge in [0.25, 0.3) is 10.0 Å². The molecule has 2 aromatic carbocycles. The first-order chi connectivity index (χ1) is 12.4. The van der Waals surface area contributed by atoms with E-state index >= 15 is 0 Å². The molecule has 0 saturated heterocycles. The van der Waals surface area contributed by atoms with Gasteiger partial charge in [-0.25, -0.2) is 8.42 Å². The lowest BCUT2D eigenvalue weighted by molar-refractivity contribution is 0.104. The van der Waals surface area contributed by atoms with Crippen molar-refractivity contribution in [2.45, 2.75) is 11.8 Å². The van der Waals surface area contributed by atoms with Gasteiger partial charge in [-0.2, -0.15) is 11.3 Å². The molecule has 0 aliphatic rings.